The van der Waals surface area contributed by atoms with Crippen LogP contribution in [0.4, 0.5) is 0 Å². The zero-order valence-corrected chi connectivity index (χ0v) is 11.6. The smallest absolute Gasteiger partial charge is 0.251 e. The maximum absolute atomic E-state index is 11.9. The van der Waals surface area contributed by atoms with E-state index in [1.54, 1.807) is 30.5 Å². The average Bonchev–Trinajstić information content (AvgIpc) is 3.03. The topological polar surface area (TPSA) is 67.2 Å². The summed E-state index contributed by atoms with van der Waals surface area (Å²) in [7, 11) is 0. The van der Waals surface area contributed by atoms with Crippen LogP contribution in [0.5, 0.6) is 0 Å². The van der Waals surface area contributed by atoms with Crippen molar-refractivity contribution in [2.75, 3.05) is 13.2 Å². The van der Waals surface area contributed by atoms with Gasteiger partial charge >= 0.3 is 0 Å². The lowest BCUT2D eigenvalue weighted by molar-refractivity contribution is 0.0952. The molecule has 5 heteroatoms. The van der Waals surface area contributed by atoms with E-state index in [1.165, 1.54) is 0 Å². The third-order valence-corrected chi connectivity index (χ3v) is 2.87. The molecule has 0 bridgehead atoms. The second-order valence-electron chi connectivity index (χ2n) is 4.42. The van der Waals surface area contributed by atoms with E-state index < -0.39 is 0 Å². The van der Waals surface area contributed by atoms with E-state index in [-0.39, 0.29) is 12.5 Å². The van der Waals surface area contributed by atoms with Crippen LogP contribution in [-0.2, 0) is 6.54 Å². The first-order valence-electron chi connectivity index (χ1n) is 6.75. The van der Waals surface area contributed by atoms with Crippen molar-refractivity contribution in [3.8, 4) is 11.8 Å². The highest BCUT2D eigenvalue weighted by atomic mass is 16.2. The normalized spacial score (nSPS) is 9.76. The Labute approximate surface area is 123 Å². The van der Waals surface area contributed by atoms with Crippen LogP contribution >= 0.6 is 0 Å². The van der Waals surface area contributed by atoms with Gasteiger partial charge in [0.25, 0.3) is 5.91 Å². The SMILES string of the molecule is O=C(NCCCn1cccn1)c1ccc(C#CCO)cc1. The largest absolute Gasteiger partial charge is 0.384 e. The second-order valence-corrected chi connectivity index (χ2v) is 4.42. The van der Waals surface area contributed by atoms with E-state index in [4.69, 9.17) is 5.11 Å². The van der Waals surface area contributed by atoms with Gasteiger partial charge in [0.05, 0.1) is 0 Å². The molecule has 0 atom stereocenters. The molecular formula is C16H17N3O2. The van der Waals surface area contributed by atoms with Crippen molar-refractivity contribution >= 4 is 5.91 Å². The van der Waals surface area contributed by atoms with Gasteiger partial charge in [-0.1, -0.05) is 11.8 Å². The fraction of sp³-hybridized carbons (Fsp3) is 0.250. The van der Waals surface area contributed by atoms with Crippen LogP contribution in [0.1, 0.15) is 22.3 Å². The molecule has 0 aliphatic rings. The van der Waals surface area contributed by atoms with Crippen LogP contribution < -0.4 is 5.32 Å². The molecule has 0 saturated heterocycles. The summed E-state index contributed by atoms with van der Waals surface area (Å²) in [4.78, 5) is 11.9. The van der Waals surface area contributed by atoms with Crippen LogP contribution in [0.15, 0.2) is 42.7 Å². The maximum Gasteiger partial charge on any atom is 0.251 e. The number of carbonyl (C=O) groups is 1. The number of amides is 1. The Kier molecular flexibility index (Phi) is 5.56. The van der Waals surface area contributed by atoms with E-state index in [0.717, 1.165) is 18.5 Å². The van der Waals surface area contributed by atoms with Crippen molar-refractivity contribution in [1.29, 1.82) is 0 Å². The number of aliphatic hydroxyl groups excluding tert-OH is 1. The van der Waals surface area contributed by atoms with Gasteiger partial charge in [-0.15, -0.1) is 0 Å². The number of benzene rings is 1. The number of carbonyl (C=O) groups excluding carboxylic acids is 1. The Morgan fingerprint density at radius 1 is 1.33 bits per heavy atom. The molecule has 21 heavy (non-hydrogen) atoms. The van der Waals surface area contributed by atoms with E-state index >= 15 is 0 Å². The molecule has 1 aromatic heterocycles. The molecule has 108 valence electrons. The minimum atomic E-state index is -0.168. The molecule has 2 aromatic rings. The quantitative estimate of drug-likeness (QED) is 0.636. The number of nitrogens with one attached hydrogen (secondary N) is 1. The summed E-state index contributed by atoms with van der Waals surface area (Å²) in [5.41, 5.74) is 1.38. The lowest BCUT2D eigenvalue weighted by atomic mass is 10.1. The molecule has 1 aromatic carbocycles. The molecule has 0 spiro atoms. The lowest BCUT2D eigenvalue weighted by Crippen LogP contribution is -2.25. The van der Waals surface area contributed by atoms with E-state index in [9.17, 15) is 4.79 Å². The molecule has 1 amide bonds. The molecule has 2 N–H and O–H groups in total. The standard InChI is InChI=1S/C16H17N3O2/c20-13-1-4-14-5-7-15(8-6-14)16(21)17-9-2-11-19-12-3-10-18-19/h3,5-8,10,12,20H,2,9,11,13H2,(H,17,21). The van der Waals surface area contributed by atoms with Gasteiger partial charge in [0.2, 0.25) is 0 Å². The summed E-state index contributed by atoms with van der Waals surface area (Å²) >= 11 is 0. The molecule has 0 radical (unpaired) electrons. The number of nitrogens with zero attached hydrogens (tertiary/aromatic N) is 2. The fourth-order valence-corrected chi connectivity index (χ4v) is 1.82. The van der Waals surface area contributed by atoms with Crippen molar-refractivity contribution in [1.82, 2.24) is 15.1 Å². The Hall–Kier alpha value is -2.58. The average molecular weight is 283 g/mol. The first-order valence-corrected chi connectivity index (χ1v) is 6.75. The van der Waals surface area contributed by atoms with E-state index in [2.05, 4.69) is 22.3 Å². The van der Waals surface area contributed by atoms with Crippen LogP contribution in [0.2, 0.25) is 0 Å². The van der Waals surface area contributed by atoms with Crippen molar-refractivity contribution in [2.24, 2.45) is 0 Å². The molecule has 0 unspecified atom stereocenters. The third kappa shape index (κ3) is 4.79. The molecule has 0 aliphatic carbocycles. The predicted molar refractivity (Wildman–Crippen MR) is 79.6 cm³/mol. The number of aromatic nitrogens is 2. The number of aliphatic hydroxyl groups is 1. The molecule has 2 rings (SSSR count). The first kappa shape index (κ1) is 14.8. The van der Waals surface area contributed by atoms with E-state index in [0.29, 0.717) is 12.1 Å². The van der Waals surface area contributed by atoms with Gasteiger partial charge < -0.3 is 10.4 Å². The van der Waals surface area contributed by atoms with Crippen LogP contribution in [0.3, 0.4) is 0 Å². The zero-order valence-electron chi connectivity index (χ0n) is 11.6. The summed E-state index contributed by atoms with van der Waals surface area (Å²) < 4.78 is 1.83. The highest BCUT2D eigenvalue weighted by molar-refractivity contribution is 5.94. The maximum atomic E-state index is 11.9. The van der Waals surface area contributed by atoms with Crippen molar-refractivity contribution in [3.05, 3.63) is 53.9 Å². The van der Waals surface area contributed by atoms with Crippen molar-refractivity contribution in [2.45, 2.75) is 13.0 Å². The molecular weight excluding hydrogens is 266 g/mol. The second kappa shape index (κ2) is 7.88. The number of rotatable bonds is 5. The zero-order chi connectivity index (χ0) is 14.9. The molecule has 0 aliphatic heterocycles. The van der Waals surface area contributed by atoms with Gasteiger partial charge in [-0.2, -0.15) is 5.10 Å². The fourth-order valence-electron chi connectivity index (χ4n) is 1.82. The van der Waals surface area contributed by atoms with Crippen LogP contribution in [-0.4, -0.2) is 33.9 Å². The third-order valence-electron chi connectivity index (χ3n) is 2.87. The minimum absolute atomic E-state index is 0.0999. The first-order chi connectivity index (χ1) is 10.3. The predicted octanol–water partition coefficient (Wildman–Crippen LogP) is 1.05. The summed E-state index contributed by atoms with van der Waals surface area (Å²) in [6.45, 7) is 1.21. The van der Waals surface area contributed by atoms with Crippen LogP contribution in [0.25, 0.3) is 0 Å². The van der Waals surface area contributed by atoms with Gasteiger partial charge in [0.1, 0.15) is 6.61 Å². The van der Waals surface area contributed by atoms with Crippen LogP contribution in [0, 0.1) is 11.8 Å². The molecule has 0 saturated carbocycles. The number of aryl methyl sites for hydroxylation is 1. The molecule has 5 nitrogen and oxygen atoms in total. The van der Waals surface area contributed by atoms with Crippen molar-refractivity contribution in [3.63, 3.8) is 0 Å². The molecule has 0 fully saturated rings. The molecule has 1 heterocycles. The highest BCUT2D eigenvalue weighted by Gasteiger charge is 2.04. The Bertz CT molecular complexity index is 622. The van der Waals surface area contributed by atoms with Gasteiger partial charge in [-0.3, -0.25) is 9.48 Å². The van der Waals surface area contributed by atoms with Crippen molar-refractivity contribution < 1.29 is 9.90 Å². The Balaban J connectivity index is 1.77. The lowest BCUT2D eigenvalue weighted by Gasteiger charge is -2.05. The van der Waals surface area contributed by atoms with E-state index in [1.807, 2.05) is 16.9 Å². The Morgan fingerprint density at radius 3 is 2.81 bits per heavy atom. The minimum Gasteiger partial charge on any atom is -0.384 e. The van der Waals surface area contributed by atoms with Gasteiger partial charge in [0, 0.05) is 36.6 Å². The summed E-state index contributed by atoms with van der Waals surface area (Å²) in [5, 5.41) is 15.6. The number of hydrogen-bond donors (Lipinski definition) is 2. The highest BCUT2D eigenvalue weighted by Crippen LogP contribution is 2.03. The number of hydrogen-bond acceptors (Lipinski definition) is 3. The summed E-state index contributed by atoms with van der Waals surface area (Å²) in [5.74, 6) is 5.25. The Morgan fingerprint density at radius 2 is 2.14 bits per heavy atom. The monoisotopic (exact) mass is 283 g/mol. The van der Waals surface area contributed by atoms with Gasteiger partial charge in [-0.05, 0) is 36.8 Å². The summed E-state index contributed by atoms with van der Waals surface area (Å²) in [6, 6.07) is 8.86. The van der Waals surface area contributed by atoms with Gasteiger partial charge in [0.15, 0.2) is 0 Å². The van der Waals surface area contributed by atoms with Gasteiger partial charge in [-0.25, -0.2) is 0 Å². The summed E-state index contributed by atoms with van der Waals surface area (Å²) in [6.07, 6.45) is 4.46.